The van der Waals surface area contributed by atoms with Gasteiger partial charge >= 0.3 is 6.18 Å². The van der Waals surface area contributed by atoms with Crippen LogP contribution in [0.15, 0.2) is 24.3 Å². The second-order valence-corrected chi connectivity index (χ2v) is 4.48. The smallest absolute Gasteiger partial charge is 0.405 e. The van der Waals surface area contributed by atoms with Gasteiger partial charge in [-0.1, -0.05) is 18.2 Å². The maximum atomic E-state index is 12.1. The molecule has 19 heavy (non-hydrogen) atoms. The molecule has 0 fully saturated rings. The lowest BCUT2D eigenvalue weighted by Gasteiger charge is -2.15. The van der Waals surface area contributed by atoms with E-state index in [4.69, 9.17) is 4.74 Å². The number of para-hydroxylation sites is 1. The molecule has 0 saturated heterocycles. The summed E-state index contributed by atoms with van der Waals surface area (Å²) in [6.45, 7) is -0.952. The highest BCUT2D eigenvalue weighted by Gasteiger charge is 2.30. The first-order chi connectivity index (χ1) is 8.96. The number of nitrogens with one attached hydrogen (secondary N) is 1. The van der Waals surface area contributed by atoms with Gasteiger partial charge in [0.15, 0.2) is 0 Å². The number of amides is 1. The van der Waals surface area contributed by atoms with Crippen LogP contribution in [0, 0.1) is 5.92 Å². The standard InChI is InChI=1S/C13H14F3NO2/c14-13(15,16)8-17-12(18)10-5-6-19-11-4-2-1-3-9(11)7-10/h1-4,10H,5-8H2,(H,17,18)/t10-/m0/s1. The summed E-state index contributed by atoms with van der Waals surface area (Å²) in [4.78, 5) is 11.7. The van der Waals surface area contributed by atoms with E-state index in [1.807, 2.05) is 23.5 Å². The van der Waals surface area contributed by atoms with E-state index in [1.165, 1.54) is 0 Å². The number of rotatable bonds is 2. The molecule has 3 nitrogen and oxygen atoms in total. The Bertz CT molecular complexity index is 459. The van der Waals surface area contributed by atoms with E-state index in [2.05, 4.69) is 0 Å². The lowest BCUT2D eigenvalue weighted by atomic mass is 9.96. The fraction of sp³-hybridized carbons (Fsp3) is 0.462. The third kappa shape index (κ3) is 3.87. The lowest BCUT2D eigenvalue weighted by Crippen LogP contribution is -2.38. The third-order valence-corrected chi connectivity index (χ3v) is 3.00. The predicted octanol–water partition coefficient (Wildman–Crippen LogP) is 2.31. The van der Waals surface area contributed by atoms with Gasteiger partial charge in [-0.3, -0.25) is 4.79 Å². The van der Waals surface area contributed by atoms with Crippen LogP contribution in [0.2, 0.25) is 0 Å². The summed E-state index contributed by atoms with van der Waals surface area (Å²) in [6, 6.07) is 7.26. The zero-order valence-corrected chi connectivity index (χ0v) is 10.2. The lowest BCUT2D eigenvalue weighted by molar-refractivity contribution is -0.140. The van der Waals surface area contributed by atoms with Crippen molar-refractivity contribution < 1.29 is 22.7 Å². The average molecular weight is 273 g/mol. The summed E-state index contributed by atoms with van der Waals surface area (Å²) in [5, 5.41) is 1.93. The van der Waals surface area contributed by atoms with Crippen LogP contribution < -0.4 is 10.1 Å². The van der Waals surface area contributed by atoms with Crippen molar-refractivity contribution in [2.24, 2.45) is 5.92 Å². The maximum absolute atomic E-state index is 12.1. The Labute approximate surface area is 108 Å². The first-order valence-corrected chi connectivity index (χ1v) is 6.01. The van der Waals surface area contributed by atoms with Gasteiger partial charge in [0.25, 0.3) is 0 Å². The number of carbonyl (C=O) groups is 1. The quantitative estimate of drug-likeness (QED) is 0.898. The van der Waals surface area contributed by atoms with E-state index in [1.54, 1.807) is 6.07 Å². The highest BCUT2D eigenvalue weighted by Crippen LogP contribution is 2.26. The van der Waals surface area contributed by atoms with Crippen molar-refractivity contribution in [1.29, 1.82) is 0 Å². The number of hydrogen-bond donors (Lipinski definition) is 1. The monoisotopic (exact) mass is 273 g/mol. The van der Waals surface area contributed by atoms with Gasteiger partial charge in [0, 0.05) is 5.92 Å². The first-order valence-electron chi connectivity index (χ1n) is 6.01. The number of alkyl halides is 3. The molecule has 104 valence electrons. The molecule has 1 atom stereocenters. The van der Waals surface area contributed by atoms with Gasteiger partial charge in [-0.2, -0.15) is 13.2 Å². The number of fused-ring (bicyclic) bond motifs is 1. The van der Waals surface area contributed by atoms with Crippen LogP contribution in [0.5, 0.6) is 5.75 Å². The Kier molecular flexibility index (Phi) is 3.97. The van der Waals surface area contributed by atoms with Crippen molar-refractivity contribution in [3.63, 3.8) is 0 Å². The molecule has 0 aliphatic carbocycles. The molecule has 1 aliphatic heterocycles. The van der Waals surface area contributed by atoms with Crippen LogP contribution in [0.1, 0.15) is 12.0 Å². The minimum atomic E-state index is -4.38. The Balaban J connectivity index is 2.00. The van der Waals surface area contributed by atoms with Crippen LogP contribution in [0.25, 0.3) is 0 Å². The average Bonchev–Trinajstić information content (AvgIpc) is 2.57. The van der Waals surface area contributed by atoms with E-state index in [0.29, 0.717) is 25.2 Å². The number of halogens is 3. The second-order valence-electron chi connectivity index (χ2n) is 4.48. The molecule has 1 aromatic carbocycles. The minimum absolute atomic E-state index is 0.334. The number of ether oxygens (including phenoxy) is 1. The fourth-order valence-corrected chi connectivity index (χ4v) is 2.05. The zero-order valence-electron chi connectivity index (χ0n) is 10.2. The SMILES string of the molecule is O=C(NCC(F)(F)F)[C@H]1CCOc2ccccc2C1. The molecule has 1 aliphatic rings. The van der Waals surface area contributed by atoms with Gasteiger partial charge in [-0.25, -0.2) is 0 Å². The van der Waals surface area contributed by atoms with Gasteiger partial charge in [0.2, 0.25) is 5.91 Å². The zero-order chi connectivity index (χ0) is 13.9. The van der Waals surface area contributed by atoms with Crippen LogP contribution in [0.4, 0.5) is 13.2 Å². The summed E-state index contributed by atoms with van der Waals surface area (Å²) < 4.78 is 41.7. The summed E-state index contributed by atoms with van der Waals surface area (Å²) in [5.41, 5.74) is 0.854. The summed E-state index contributed by atoms with van der Waals surface area (Å²) in [6.07, 6.45) is -3.56. The van der Waals surface area contributed by atoms with Crippen molar-refractivity contribution in [1.82, 2.24) is 5.32 Å². The van der Waals surface area contributed by atoms with Crippen molar-refractivity contribution in [3.05, 3.63) is 29.8 Å². The largest absolute Gasteiger partial charge is 0.493 e. The molecule has 2 rings (SSSR count). The molecule has 1 heterocycles. The summed E-state index contributed by atoms with van der Waals surface area (Å²) in [5.74, 6) is -0.350. The van der Waals surface area contributed by atoms with Gasteiger partial charge < -0.3 is 10.1 Å². The highest BCUT2D eigenvalue weighted by atomic mass is 19.4. The number of hydrogen-bond acceptors (Lipinski definition) is 2. The van der Waals surface area contributed by atoms with Gasteiger partial charge in [0.05, 0.1) is 6.61 Å². The van der Waals surface area contributed by atoms with Crippen molar-refractivity contribution in [2.45, 2.75) is 19.0 Å². The van der Waals surface area contributed by atoms with E-state index in [0.717, 1.165) is 5.56 Å². The first kappa shape index (κ1) is 13.7. The summed E-state index contributed by atoms with van der Waals surface area (Å²) in [7, 11) is 0. The Morgan fingerprint density at radius 1 is 1.37 bits per heavy atom. The fourth-order valence-electron chi connectivity index (χ4n) is 2.05. The van der Waals surface area contributed by atoms with Gasteiger partial charge in [0.1, 0.15) is 12.3 Å². The van der Waals surface area contributed by atoms with E-state index >= 15 is 0 Å². The number of carbonyl (C=O) groups excluding carboxylic acids is 1. The van der Waals surface area contributed by atoms with Crippen molar-refractivity contribution in [3.8, 4) is 5.75 Å². The molecule has 0 aromatic heterocycles. The minimum Gasteiger partial charge on any atom is -0.493 e. The molecule has 0 bridgehead atoms. The molecule has 1 N–H and O–H groups in total. The topological polar surface area (TPSA) is 38.3 Å². The predicted molar refractivity (Wildman–Crippen MR) is 62.8 cm³/mol. The molecular weight excluding hydrogens is 259 g/mol. The van der Waals surface area contributed by atoms with Crippen molar-refractivity contribution >= 4 is 5.91 Å². The van der Waals surface area contributed by atoms with Crippen LogP contribution in [-0.4, -0.2) is 25.2 Å². The molecule has 1 aromatic rings. The molecule has 0 unspecified atom stereocenters. The number of benzene rings is 1. The Hall–Kier alpha value is -1.72. The molecule has 0 saturated carbocycles. The molecule has 0 spiro atoms. The molecular formula is C13H14F3NO2. The normalized spacial score (nSPS) is 19.0. The van der Waals surface area contributed by atoms with Crippen LogP contribution in [-0.2, 0) is 11.2 Å². The van der Waals surface area contributed by atoms with Crippen LogP contribution >= 0.6 is 0 Å². The Morgan fingerprint density at radius 2 is 2.11 bits per heavy atom. The third-order valence-electron chi connectivity index (χ3n) is 3.00. The van der Waals surface area contributed by atoms with Gasteiger partial charge in [-0.05, 0) is 24.5 Å². The van der Waals surface area contributed by atoms with E-state index in [9.17, 15) is 18.0 Å². The van der Waals surface area contributed by atoms with E-state index in [-0.39, 0.29) is 0 Å². The Morgan fingerprint density at radius 3 is 2.84 bits per heavy atom. The molecule has 1 amide bonds. The van der Waals surface area contributed by atoms with Crippen LogP contribution in [0.3, 0.4) is 0 Å². The summed E-state index contributed by atoms with van der Waals surface area (Å²) >= 11 is 0. The maximum Gasteiger partial charge on any atom is 0.405 e. The van der Waals surface area contributed by atoms with Crippen molar-refractivity contribution in [2.75, 3.05) is 13.2 Å². The molecule has 0 radical (unpaired) electrons. The van der Waals surface area contributed by atoms with E-state index < -0.39 is 24.5 Å². The molecule has 6 heteroatoms. The second kappa shape index (κ2) is 5.50. The highest BCUT2D eigenvalue weighted by molar-refractivity contribution is 5.79. The van der Waals surface area contributed by atoms with Gasteiger partial charge in [-0.15, -0.1) is 0 Å².